The first-order chi connectivity index (χ1) is 8.61. The fourth-order valence-corrected chi connectivity index (χ4v) is 2.52. The van der Waals surface area contributed by atoms with E-state index in [0.29, 0.717) is 5.92 Å². The first-order valence-corrected chi connectivity index (χ1v) is 6.30. The van der Waals surface area contributed by atoms with Gasteiger partial charge in [-0.05, 0) is 37.9 Å². The Morgan fingerprint density at radius 1 is 1.58 bits per heavy atom. The second kappa shape index (κ2) is 6.84. The van der Waals surface area contributed by atoms with Crippen LogP contribution >= 0.6 is 12.4 Å². The molecular weight excluding hydrogens is 266 g/mol. The highest BCUT2D eigenvalue weighted by Crippen LogP contribution is 2.28. The molecule has 1 aliphatic rings. The van der Waals surface area contributed by atoms with Crippen molar-refractivity contribution in [2.75, 3.05) is 19.6 Å². The lowest BCUT2D eigenvalue weighted by Gasteiger charge is -2.24. The summed E-state index contributed by atoms with van der Waals surface area (Å²) < 4.78 is 0. The monoisotopic (exact) mass is 285 g/mol. The van der Waals surface area contributed by atoms with Crippen molar-refractivity contribution in [2.24, 2.45) is 11.7 Å². The van der Waals surface area contributed by atoms with Crippen molar-refractivity contribution >= 4 is 18.1 Å². The molecule has 2 atom stereocenters. The number of rotatable bonds is 4. The van der Waals surface area contributed by atoms with Crippen molar-refractivity contribution in [3.8, 4) is 0 Å². The van der Waals surface area contributed by atoms with Gasteiger partial charge >= 0.3 is 0 Å². The summed E-state index contributed by atoms with van der Waals surface area (Å²) in [6.07, 6.45) is 1.12. The maximum absolute atomic E-state index is 10.8. The van der Waals surface area contributed by atoms with Gasteiger partial charge in [0.1, 0.15) is 0 Å². The van der Waals surface area contributed by atoms with Crippen LogP contribution in [0.4, 0.5) is 5.69 Å². The molecule has 0 aromatic heterocycles. The van der Waals surface area contributed by atoms with Crippen LogP contribution in [0.3, 0.4) is 0 Å². The normalized spacial score (nSPS) is 20.8. The molecule has 0 radical (unpaired) electrons. The van der Waals surface area contributed by atoms with Crippen molar-refractivity contribution < 1.29 is 4.92 Å². The van der Waals surface area contributed by atoms with E-state index in [9.17, 15) is 10.1 Å². The van der Waals surface area contributed by atoms with Gasteiger partial charge in [-0.3, -0.25) is 15.0 Å². The van der Waals surface area contributed by atoms with E-state index in [4.69, 9.17) is 5.73 Å². The van der Waals surface area contributed by atoms with Crippen molar-refractivity contribution in [2.45, 2.75) is 19.4 Å². The minimum absolute atomic E-state index is 0. The van der Waals surface area contributed by atoms with Crippen LogP contribution in [-0.4, -0.2) is 29.5 Å². The minimum Gasteiger partial charge on any atom is -0.330 e. The van der Waals surface area contributed by atoms with E-state index in [2.05, 4.69) is 11.8 Å². The molecule has 0 saturated carbocycles. The third-order valence-electron chi connectivity index (χ3n) is 3.76. The first-order valence-electron chi connectivity index (χ1n) is 6.30. The van der Waals surface area contributed by atoms with Crippen molar-refractivity contribution in [1.29, 1.82) is 0 Å². The summed E-state index contributed by atoms with van der Waals surface area (Å²) in [5.74, 6) is 0.561. The molecule has 19 heavy (non-hydrogen) atoms. The molecule has 1 heterocycles. The van der Waals surface area contributed by atoms with E-state index in [-0.39, 0.29) is 29.1 Å². The molecule has 6 heteroatoms. The maximum Gasteiger partial charge on any atom is 0.269 e. The number of nitrogens with zero attached hydrogens (tertiary/aromatic N) is 2. The molecule has 1 fully saturated rings. The molecule has 1 aromatic carbocycles. The summed E-state index contributed by atoms with van der Waals surface area (Å²) in [5, 5.41) is 10.8. The standard InChI is InChI=1S/C13H19N3O2.ClH/c1-10(15-6-5-11(8-14)9-15)12-3-2-4-13(7-12)16(17)18;/h2-4,7,10-11H,5-6,8-9,14H2,1H3;1H. The lowest BCUT2D eigenvalue weighted by atomic mass is 10.1. The third kappa shape index (κ3) is 3.65. The van der Waals surface area contributed by atoms with Crippen LogP contribution in [0.2, 0.25) is 0 Å². The molecule has 0 bridgehead atoms. The van der Waals surface area contributed by atoms with Gasteiger partial charge < -0.3 is 5.73 Å². The topological polar surface area (TPSA) is 72.4 Å². The Hall–Kier alpha value is -1.17. The molecule has 1 aromatic rings. The second-order valence-electron chi connectivity index (χ2n) is 4.91. The fourth-order valence-electron chi connectivity index (χ4n) is 2.52. The number of halogens is 1. The van der Waals surface area contributed by atoms with Crippen LogP contribution in [0.15, 0.2) is 24.3 Å². The summed E-state index contributed by atoms with van der Waals surface area (Å²) in [6, 6.07) is 7.11. The molecule has 2 unspecified atom stereocenters. The van der Waals surface area contributed by atoms with Crippen LogP contribution in [-0.2, 0) is 0 Å². The Labute approximate surface area is 119 Å². The van der Waals surface area contributed by atoms with Crippen LogP contribution in [0.5, 0.6) is 0 Å². The number of likely N-dealkylation sites (tertiary alicyclic amines) is 1. The van der Waals surface area contributed by atoms with Gasteiger partial charge in [0.25, 0.3) is 5.69 Å². The van der Waals surface area contributed by atoms with E-state index in [1.165, 1.54) is 6.07 Å². The quantitative estimate of drug-likeness (QED) is 0.681. The predicted octanol–water partition coefficient (Wildman–Crippen LogP) is 2.36. The lowest BCUT2D eigenvalue weighted by molar-refractivity contribution is -0.384. The zero-order valence-corrected chi connectivity index (χ0v) is 11.8. The molecule has 106 valence electrons. The van der Waals surface area contributed by atoms with E-state index in [0.717, 1.165) is 31.6 Å². The van der Waals surface area contributed by atoms with E-state index >= 15 is 0 Å². The lowest BCUT2D eigenvalue weighted by Crippen LogP contribution is -2.26. The summed E-state index contributed by atoms with van der Waals surface area (Å²) in [4.78, 5) is 12.8. The third-order valence-corrected chi connectivity index (χ3v) is 3.76. The van der Waals surface area contributed by atoms with Crippen molar-refractivity contribution in [3.63, 3.8) is 0 Å². The van der Waals surface area contributed by atoms with E-state index in [1.54, 1.807) is 12.1 Å². The molecule has 0 spiro atoms. The Bertz CT molecular complexity index is 442. The van der Waals surface area contributed by atoms with Crippen LogP contribution < -0.4 is 5.73 Å². The number of non-ortho nitro benzene ring substituents is 1. The smallest absolute Gasteiger partial charge is 0.269 e. The molecule has 0 amide bonds. The Kier molecular flexibility index (Phi) is 5.72. The summed E-state index contributed by atoms with van der Waals surface area (Å²) >= 11 is 0. The molecule has 5 nitrogen and oxygen atoms in total. The maximum atomic E-state index is 10.8. The van der Waals surface area contributed by atoms with Crippen molar-refractivity contribution in [3.05, 3.63) is 39.9 Å². The van der Waals surface area contributed by atoms with Crippen molar-refractivity contribution in [1.82, 2.24) is 4.90 Å². The van der Waals surface area contributed by atoms with Gasteiger partial charge in [0, 0.05) is 24.7 Å². The Morgan fingerprint density at radius 2 is 2.32 bits per heavy atom. The highest BCUT2D eigenvalue weighted by molar-refractivity contribution is 5.85. The highest BCUT2D eigenvalue weighted by Gasteiger charge is 2.26. The number of nitro groups is 1. The van der Waals surface area contributed by atoms with Crippen LogP contribution in [0, 0.1) is 16.0 Å². The van der Waals surface area contributed by atoms with Gasteiger partial charge in [-0.1, -0.05) is 12.1 Å². The van der Waals surface area contributed by atoms with Gasteiger partial charge in [0.05, 0.1) is 4.92 Å². The average molecular weight is 286 g/mol. The number of nitrogens with two attached hydrogens (primary N) is 1. The Morgan fingerprint density at radius 3 is 2.89 bits per heavy atom. The van der Waals surface area contributed by atoms with E-state index < -0.39 is 0 Å². The molecule has 0 aliphatic carbocycles. The Balaban J connectivity index is 0.00000180. The number of hydrogen-bond acceptors (Lipinski definition) is 4. The molecule has 1 aliphatic heterocycles. The van der Waals surface area contributed by atoms with Gasteiger partial charge in [-0.15, -0.1) is 12.4 Å². The predicted molar refractivity (Wildman–Crippen MR) is 77.5 cm³/mol. The van der Waals surface area contributed by atoms with Gasteiger partial charge in [0.2, 0.25) is 0 Å². The first kappa shape index (κ1) is 15.9. The highest BCUT2D eigenvalue weighted by atomic mass is 35.5. The summed E-state index contributed by atoms with van der Waals surface area (Å²) in [6.45, 7) is 4.82. The van der Waals surface area contributed by atoms with Gasteiger partial charge in [0.15, 0.2) is 0 Å². The molecular formula is C13H20ClN3O2. The average Bonchev–Trinajstić information content (AvgIpc) is 2.86. The van der Waals surface area contributed by atoms with Gasteiger partial charge in [-0.25, -0.2) is 0 Å². The van der Waals surface area contributed by atoms with Crippen LogP contribution in [0.25, 0.3) is 0 Å². The largest absolute Gasteiger partial charge is 0.330 e. The second-order valence-corrected chi connectivity index (χ2v) is 4.91. The minimum atomic E-state index is -0.344. The zero-order chi connectivity index (χ0) is 13.1. The van der Waals surface area contributed by atoms with Gasteiger partial charge in [-0.2, -0.15) is 0 Å². The fraction of sp³-hybridized carbons (Fsp3) is 0.538. The molecule has 1 saturated heterocycles. The number of benzene rings is 1. The van der Waals surface area contributed by atoms with Crippen LogP contribution in [0.1, 0.15) is 24.9 Å². The number of nitro benzene ring substituents is 1. The molecule has 2 N–H and O–H groups in total. The molecule has 2 rings (SSSR count). The summed E-state index contributed by atoms with van der Waals surface area (Å²) in [5.41, 5.74) is 6.85. The zero-order valence-electron chi connectivity index (χ0n) is 11.0. The van der Waals surface area contributed by atoms with E-state index in [1.807, 2.05) is 6.07 Å². The summed E-state index contributed by atoms with van der Waals surface area (Å²) in [7, 11) is 0. The number of hydrogen-bond donors (Lipinski definition) is 1. The SMILES string of the molecule is CC(c1cccc([N+](=O)[O-])c1)N1CCC(CN)C1.Cl.